The van der Waals surface area contributed by atoms with Crippen molar-refractivity contribution in [2.24, 2.45) is 5.41 Å². The fourth-order valence-corrected chi connectivity index (χ4v) is 3.49. The number of halogens is 1. The van der Waals surface area contributed by atoms with Gasteiger partial charge in [0.1, 0.15) is 12.4 Å². The van der Waals surface area contributed by atoms with Crippen molar-refractivity contribution in [3.8, 4) is 17.1 Å². The minimum absolute atomic E-state index is 0.194. The third-order valence-electron chi connectivity index (χ3n) is 3.94. The highest BCUT2D eigenvalue weighted by Gasteiger charge is 2.14. The smallest absolute Gasteiger partial charge is 0.316 e. The lowest BCUT2D eigenvalue weighted by Crippen LogP contribution is -2.12. The molecule has 0 aliphatic rings. The molecule has 5 nitrogen and oxygen atoms in total. The molecule has 0 saturated carbocycles. The predicted molar refractivity (Wildman–Crippen MR) is 114 cm³/mol. The van der Waals surface area contributed by atoms with Crippen LogP contribution in [-0.4, -0.2) is 15.0 Å². The van der Waals surface area contributed by atoms with Gasteiger partial charge in [-0.25, -0.2) is 19.3 Å². The summed E-state index contributed by atoms with van der Waals surface area (Å²) in [4.78, 5) is 12.8. The Morgan fingerprint density at radius 1 is 1.14 bits per heavy atom. The molecule has 0 bridgehead atoms. The molecule has 0 spiro atoms. The number of nitrogens with zero attached hydrogens (tertiary/aromatic N) is 3. The first-order valence-electron chi connectivity index (χ1n) is 8.98. The standard InChI is InChI=1S/C22H19FN4OS/c1-22(2,3)13-28-20-24-11-14(12-25-20)16-9-8-15(10-17(16)23)26-21-27-18-6-4-5-7-19(18)29-21/h4-13H,1H2,2-3H3,(H,26,27). The van der Waals surface area contributed by atoms with Crippen molar-refractivity contribution in [3.63, 3.8) is 0 Å². The fourth-order valence-electron chi connectivity index (χ4n) is 2.60. The molecule has 0 atom stereocenters. The molecular weight excluding hydrogens is 387 g/mol. The Labute approximate surface area is 172 Å². The van der Waals surface area contributed by atoms with Gasteiger partial charge in [-0.05, 0) is 37.3 Å². The molecule has 0 unspecified atom stereocenters. The highest BCUT2D eigenvalue weighted by Crippen LogP contribution is 2.30. The molecule has 2 radical (unpaired) electrons. The zero-order valence-corrected chi connectivity index (χ0v) is 16.8. The van der Waals surface area contributed by atoms with Gasteiger partial charge in [-0.2, -0.15) is 0 Å². The Morgan fingerprint density at radius 2 is 1.90 bits per heavy atom. The number of benzene rings is 2. The van der Waals surface area contributed by atoms with E-state index >= 15 is 0 Å². The number of anilines is 2. The molecule has 29 heavy (non-hydrogen) atoms. The highest BCUT2D eigenvalue weighted by atomic mass is 32.1. The first-order valence-corrected chi connectivity index (χ1v) is 9.80. The van der Waals surface area contributed by atoms with E-state index < -0.39 is 0 Å². The van der Waals surface area contributed by atoms with Crippen LogP contribution in [0.3, 0.4) is 0 Å². The summed E-state index contributed by atoms with van der Waals surface area (Å²) < 4.78 is 21.1. The molecule has 0 saturated heterocycles. The van der Waals surface area contributed by atoms with Crippen molar-refractivity contribution in [2.75, 3.05) is 5.32 Å². The molecule has 0 aliphatic carbocycles. The second-order valence-corrected chi connectivity index (χ2v) is 8.32. The summed E-state index contributed by atoms with van der Waals surface area (Å²) in [5.74, 6) is -0.376. The van der Waals surface area contributed by atoms with Gasteiger partial charge in [0.05, 0.1) is 10.2 Å². The Bertz CT molecular complexity index is 1100. The van der Waals surface area contributed by atoms with Crippen LogP contribution in [0.2, 0.25) is 0 Å². The largest absolute Gasteiger partial charge is 0.456 e. The second kappa shape index (κ2) is 7.75. The Balaban J connectivity index is 1.49. The van der Waals surface area contributed by atoms with Crippen molar-refractivity contribution < 1.29 is 9.13 Å². The van der Waals surface area contributed by atoms with Crippen LogP contribution in [0.4, 0.5) is 15.2 Å². The predicted octanol–water partition coefficient (Wildman–Crippen LogP) is 6.04. The van der Waals surface area contributed by atoms with E-state index in [1.807, 2.05) is 38.1 Å². The first-order chi connectivity index (χ1) is 13.9. The molecule has 0 amide bonds. The summed E-state index contributed by atoms with van der Waals surface area (Å²) in [6, 6.07) is 13.0. The van der Waals surface area contributed by atoms with Crippen molar-refractivity contribution in [1.82, 2.24) is 15.0 Å². The molecule has 0 fully saturated rings. The molecule has 7 heteroatoms. The molecule has 2 aromatic carbocycles. The van der Waals surface area contributed by atoms with Gasteiger partial charge in [-0.15, -0.1) is 0 Å². The number of hydrogen-bond donors (Lipinski definition) is 1. The third kappa shape index (κ3) is 4.68. The van der Waals surface area contributed by atoms with E-state index in [2.05, 4.69) is 27.2 Å². The second-order valence-electron chi connectivity index (χ2n) is 7.28. The number of nitrogens with one attached hydrogen (secondary N) is 1. The quantitative estimate of drug-likeness (QED) is 0.423. The Morgan fingerprint density at radius 3 is 2.59 bits per heavy atom. The fraction of sp³-hybridized carbons (Fsp3) is 0.136. The summed E-state index contributed by atoms with van der Waals surface area (Å²) in [6.07, 6.45) is 3.07. The van der Waals surface area contributed by atoms with Crippen LogP contribution in [0, 0.1) is 24.8 Å². The molecule has 2 heterocycles. The monoisotopic (exact) mass is 406 g/mol. The average molecular weight is 406 g/mol. The normalized spacial score (nSPS) is 11.6. The molecule has 2 aromatic heterocycles. The molecule has 4 aromatic rings. The first kappa shape index (κ1) is 19.3. The van der Waals surface area contributed by atoms with Gasteiger partial charge >= 0.3 is 6.01 Å². The van der Waals surface area contributed by atoms with Gasteiger partial charge in [-0.1, -0.05) is 37.3 Å². The molecule has 4 rings (SSSR count). The molecular formula is C22H19FN4OS. The number of ether oxygens (including phenoxy) is 1. The van der Waals surface area contributed by atoms with Crippen LogP contribution in [0.25, 0.3) is 21.3 Å². The third-order valence-corrected chi connectivity index (χ3v) is 4.89. The van der Waals surface area contributed by atoms with Crippen LogP contribution in [0.5, 0.6) is 6.01 Å². The van der Waals surface area contributed by atoms with Gasteiger partial charge in [0, 0.05) is 34.6 Å². The van der Waals surface area contributed by atoms with Crippen molar-refractivity contribution >= 4 is 32.4 Å². The number of aromatic nitrogens is 3. The van der Waals surface area contributed by atoms with E-state index in [0.717, 1.165) is 10.2 Å². The van der Waals surface area contributed by atoms with Crippen LogP contribution in [0.1, 0.15) is 13.8 Å². The number of para-hydroxylation sites is 1. The van der Waals surface area contributed by atoms with Gasteiger partial charge in [-0.3, -0.25) is 0 Å². The maximum atomic E-state index is 14.7. The molecule has 0 aliphatic heterocycles. The summed E-state index contributed by atoms with van der Waals surface area (Å²) in [7, 11) is 0. The summed E-state index contributed by atoms with van der Waals surface area (Å²) >= 11 is 1.52. The maximum absolute atomic E-state index is 14.7. The SMILES string of the molecule is [CH2]C(C)(C)[CH]Oc1ncc(-c2ccc(Nc3nc4ccccc4s3)cc2F)cn1. The lowest BCUT2D eigenvalue weighted by Gasteiger charge is -2.16. The summed E-state index contributed by atoms with van der Waals surface area (Å²) in [5.41, 5.74) is 2.15. The van der Waals surface area contributed by atoms with Crippen molar-refractivity contribution in [3.05, 3.63) is 74.2 Å². The lowest BCUT2D eigenvalue weighted by molar-refractivity contribution is 0.284. The summed E-state index contributed by atoms with van der Waals surface area (Å²) in [6.45, 7) is 9.28. The van der Waals surface area contributed by atoms with E-state index in [-0.39, 0.29) is 17.2 Å². The lowest BCUT2D eigenvalue weighted by atomic mass is 9.99. The topological polar surface area (TPSA) is 59.9 Å². The van der Waals surface area contributed by atoms with E-state index in [9.17, 15) is 4.39 Å². The minimum Gasteiger partial charge on any atom is -0.456 e. The van der Waals surface area contributed by atoms with Crippen molar-refractivity contribution in [2.45, 2.75) is 13.8 Å². The minimum atomic E-state index is -0.376. The number of rotatable bonds is 6. The van der Waals surface area contributed by atoms with Gasteiger partial charge < -0.3 is 10.1 Å². The van der Waals surface area contributed by atoms with Gasteiger partial charge in [0.15, 0.2) is 5.13 Å². The number of hydrogen-bond acceptors (Lipinski definition) is 6. The molecule has 1 N–H and O–H groups in total. The Kier molecular flexibility index (Phi) is 5.15. The van der Waals surface area contributed by atoms with E-state index in [4.69, 9.17) is 4.74 Å². The van der Waals surface area contributed by atoms with Crippen LogP contribution >= 0.6 is 11.3 Å². The van der Waals surface area contributed by atoms with Gasteiger partial charge in [0.25, 0.3) is 0 Å². The average Bonchev–Trinajstić information content (AvgIpc) is 3.09. The van der Waals surface area contributed by atoms with Crippen LogP contribution in [0.15, 0.2) is 54.9 Å². The zero-order valence-electron chi connectivity index (χ0n) is 16.0. The maximum Gasteiger partial charge on any atom is 0.316 e. The van der Waals surface area contributed by atoms with E-state index in [1.165, 1.54) is 29.8 Å². The number of fused-ring (bicyclic) bond motifs is 1. The van der Waals surface area contributed by atoms with Crippen LogP contribution in [-0.2, 0) is 0 Å². The molecule has 146 valence electrons. The summed E-state index contributed by atoms with van der Waals surface area (Å²) in [5, 5.41) is 3.87. The highest BCUT2D eigenvalue weighted by molar-refractivity contribution is 7.22. The number of thiazole rings is 1. The zero-order chi connectivity index (χ0) is 20.4. The van der Waals surface area contributed by atoms with Crippen molar-refractivity contribution in [1.29, 1.82) is 0 Å². The van der Waals surface area contributed by atoms with Gasteiger partial charge in [0.2, 0.25) is 0 Å². The van der Waals surface area contributed by atoms with Crippen LogP contribution < -0.4 is 10.1 Å². The Hall–Kier alpha value is -3.06. The van der Waals surface area contributed by atoms with E-state index in [1.54, 1.807) is 18.7 Å². The van der Waals surface area contributed by atoms with E-state index in [0.29, 0.717) is 21.9 Å².